The molecule has 3 aromatic rings. The van der Waals surface area contributed by atoms with Crippen LogP contribution in [0.5, 0.6) is 0 Å². The normalized spacial score (nSPS) is 25.0. The van der Waals surface area contributed by atoms with Gasteiger partial charge in [-0.2, -0.15) is 0 Å². The number of nitrogens with one attached hydrogen (secondary N) is 1. The fraction of sp³-hybridized carbons (Fsp3) is 0.278. The highest BCUT2D eigenvalue weighted by Gasteiger charge is 2.45. The van der Waals surface area contributed by atoms with Crippen LogP contribution in [0.15, 0.2) is 42.0 Å². The first kappa shape index (κ1) is 17.9. The van der Waals surface area contributed by atoms with Crippen LogP contribution in [0.1, 0.15) is 22.0 Å². The summed E-state index contributed by atoms with van der Waals surface area (Å²) >= 11 is 1.25. The third kappa shape index (κ3) is 3.19. The monoisotopic (exact) mass is 389 g/mol. The van der Waals surface area contributed by atoms with E-state index in [1.165, 1.54) is 17.7 Å². The summed E-state index contributed by atoms with van der Waals surface area (Å²) in [6.45, 7) is -0.479. The van der Waals surface area contributed by atoms with E-state index in [1.54, 1.807) is 29.6 Å². The molecular formula is C18H16FN3O4S. The number of nitrogens with zero attached hydrogens (tertiary/aromatic N) is 2. The number of benzene rings is 1. The largest absolute Gasteiger partial charge is 0.394 e. The highest BCUT2D eigenvalue weighted by molar-refractivity contribution is 7.18. The number of thiophene rings is 1. The van der Waals surface area contributed by atoms with Crippen LogP contribution < -0.4 is 5.32 Å². The zero-order valence-electron chi connectivity index (χ0n) is 13.9. The topological polar surface area (TPSA) is 105 Å². The maximum absolute atomic E-state index is 14.4. The number of anilines is 1. The number of carbonyl (C=O) groups is 1. The number of aromatic nitrogens is 2. The molecule has 0 bridgehead atoms. The van der Waals surface area contributed by atoms with Gasteiger partial charge in [0.1, 0.15) is 24.6 Å². The summed E-state index contributed by atoms with van der Waals surface area (Å²) in [7, 11) is 0. The van der Waals surface area contributed by atoms with Crippen LogP contribution in [-0.2, 0) is 4.74 Å². The Morgan fingerprint density at radius 3 is 2.78 bits per heavy atom. The van der Waals surface area contributed by atoms with Crippen molar-refractivity contribution >= 4 is 33.3 Å². The maximum Gasteiger partial charge on any atom is 0.256 e. The Bertz CT molecular complexity index is 968. The minimum Gasteiger partial charge on any atom is -0.394 e. The van der Waals surface area contributed by atoms with Crippen LogP contribution in [0.4, 0.5) is 10.2 Å². The van der Waals surface area contributed by atoms with Crippen molar-refractivity contribution < 1.29 is 24.1 Å². The molecule has 1 aromatic carbocycles. The van der Waals surface area contributed by atoms with Gasteiger partial charge in [0.25, 0.3) is 5.91 Å². The van der Waals surface area contributed by atoms with E-state index in [9.17, 15) is 19.4 Å². The third-order valence-electron chi connectivity index (χ3n) is 4.45. The molecule has 1 amide bonds. The molecule has 4 rings (SSSR count). The molecule has 140 valence electrons. The van der Waals surface area contributed by atoms with E-state index in [4.69, 9.17) is 4.74 Å². The summed E-state index contributed by atoms with van der Waals surface area (Å²) in [6.07, 6.45) is -3.84. The second-order valence-electron chi connectivity index (χ2n) is 6.12. The van der Waals surface area contributed by atoms with Crippen LogP contribution in [0, 0.1) is 0 Å². The number of aliphatic hydroxyl groups is 2. The molecule has 0 unspecified atom stereocenters. The van der Waals surface area contributed by atoms with E-state index in [0.29, 0.717) is 27.2 Å². The molecule has 1 aliphatic heterocycles. The number of fused-ring (bicyclic) bond motifs is 1. The second kappa shape index (κ2) is 7.28. The zero-order valence-corrected chi connectivity index (χ0v) is 14.8. The quantitative estimate of drug-likeness (QED) is 0.631. The summed E-state index contributed by atoms with van der Waals surface area (Å²) in [6, 6.07) is 8.70. The number of hydrogen-bond donors (Lipinski definition) is 3. The molecule has 1 fully saturated rings. The Hall–Kier alpha value is -2.46. The molecule has 1 aliphatic rings. The molecule has 0 saturated carbocycles. The Morgan fingerprint density at radius 1 is 1.30 bits per heavy atom. The maximum atomic E-state index is 14.4. The molecule has 9 heteroatoms. The number of hydrogen-bond acceptors (Lipinski definition) is 7. The number of carbonyl (C=O) groups excluding carboxylic acids is 1. The van der Waals surface area contributed by atoms with E-state index in [2.05, 4.69) is 15.3 Å². The lowest BCUT2D eigenvalue weighted by atomic mass is 10.0. The van der Waals surface area contributed by atoms with Crippen LogP contribution in [0.25, 0.3) is 10.2 Å². The van der Waals surface area contributed by atoms with Gasteiger partial charge < -0.3 is 20.3 Å². The predicted molar refractivity (Wildman–Crippen MR) is 97.4 cm³/mol. The summed E-state index contributed by atoms with van der Waals surface area (Å²) in [5.74, 6) is -0.000402. The highest BCUT2D eigenvalue weighted by atomic mass is 32.1. The summed E-state index contributed by atoms with van der Waals surface area (Å²) < 4.78 is 20.5. The van der Waals surface area contributed by atoms with Crippen molar-refractivity contribution in [3.8, 4) is 0 Å². The number of alkyl halides is 1. The van der Waals surface area contributed by atoms with E-state index >= 15 is 0 Å². The first-order valence-electron chi connectivity index (χ1n) is 8.27. The second-order valence-corrected chi connectivity index (χ2v) is 7.00. The molecule has 7 nitrogen and oxygen atoms in total. The Morgan fingerprint density at radius 2 is 2.07 bits per heavy atom. The zero-order chi connectivity index (χ0) is 19.0. The van der Waals surface area contributed by atoms with Gasteiger partial charge in [0.2, 0.25) is 0 Å². The van der Waals surface area contributed by atoms with Gasteiger partial charge in [0.15, 0.2) is 12.0 Å². The number of amides is 1. The fourth-order valence-electron chi connectivity index (χ4n) is 3.05. The Kier molecular flexibility index (Phi) is 4.83. The van der Waals surface area contributed by atoms with Gasteiger partial charge in [-0.05, 0) is 17.5 Å². The van der Waals surface area contributed by atoms with Gasteiger partial charge >= 0.3 is 0 Å². The minimum absolute atomic E-state index is 0.317. The molecule has 2 aromatic heterocycles. The van der Waals surface area contributed by atoms with Gasteiger partial charge in [-0.25, -0.2) is 14.4 Å². The lowest BCUT2D eigenvalue weighted by molar-refractivity contribution is -0.0222. The molecule has 1 saturated heterocycles. The Balaban J connectivity index is 1.65. The van der Waals surface area contributed by atoms with Crippen molar-refractivity contribution in [2.45, 2.75) is 24.5 Å². The van der Waals surface area contributed by atoms with Gasteiger partial charge in [0, 0.05) is 11.1 Å². The number of aliphatic hydroxyl groups excluding tert-OH is 2. The number of ether oxygens (including phenoxy) is 1. The predicted octanol–water partition coefficient (Wildman–Crippen LogP) is 2.07. The highest BCUT2D eigenvalue weighted by Crippen LogP contribution is 2.41. The lowest BCUT2D eigenvalue weighted by Gasteiger charge is -2.12. The average Bonchev–Trinajstić information content (AvgIpc) is 3.25. The molecule has 0 spiro atoms. The van der Waals surface area contributed by atoms with Crippen molar-refractivity contribution in [1.82, 2.24) is 9.97 Å². The van der Waals surface area contributed by atoms with Crippen molar-refractivity contribution in [1.29, 1.82) is 0 Å². The molecule has 3 N–H and O–H groups in total. The molecule has 3 heterocycles. The first-order valence-corrected chi connectivity index (χ1v) is 9.15. The van der Waals surface area contributed by atoms with Crippen molar-refractivity contribution in [2.24, 2.45) is 0 Å². The fourth-order valence-corrected chi connectivity index (χ4v) is 4.04. The van der Waals surface area contributed by atoms with Crippen LogP contribution in [0.3, 0.4) is 0 Å². The van der Waals surface area contributed by atoms with E-state index in [0.717, 1.165) is 0 Å². The lowest BCUT2D eigenvalue weighted by Crippen LogP contribution is -2.30. The van der Waals surface area contributed by atoms with Crippen molar-refractivity contribution in [3.63, 3.8) is 0 Å². The van der Waals surface area contributed by atoms with Crippen LogP contribution in [-0.4, -0.2) is 51.1 Å². The van der Waals surface area contributed by atoms with Crippen LogP contribution >= 0.6 is 11.3 Å². The van der Waals surface area contributed by atoms with Gasteiger partial charge in [-0.15, -0.1) is 11.3 Å². The van der Waals surface area contributed by atoms with Gasteiger partial charge in [-0.1, -0.05) is 18.2 Å². The molecular weight excluding hydrogens is 373 g/mol. The summed E-state index contributed by atoms with van der Waals surface area (Å²) in [4.78, 5) is 20.7. The standard InChI is InChI=1S/C18H16FN3O4S/c19-12-14(24)11(6-23)26-15(12)10-7-27-16-13(10)20-8-21-17(16)22-18(25)9-4-2-1-3-5-9/h1-5,7-8,11-12,14-15,23-24H,6H2,(H,20,21,22,25)/t11-,12-,14-,15+/m1/s1. The van der Waals surface area contributed by atoms with Gasteiger partial charge in [-0.3, -0.25) is 4.79 Å². The van der Waals surface area contributed by atoms with E-state index in [1.807, 2.05) is 6.07 Å². The molecule has 0 aliphatic carbocycles. The average molecular weight is 389 g/mol. The van der Waals surface area contributed by atoms with Crippen molar-refractivity contribution in [2.75, 3.05) is 11.9 Å². The SMILES string of the molecule is O=C(Nc1ncnc2c([C@@H]3O[C@H](CO)[C@@H](O)[C@H]3F)csc12)c1ccccc1. The summed E-state index contributed by atoms with van der Waals surface area (Å²) in [5.41, 5.74) is 1.38. The minimum atomic E-state index is -1.68. The smallest absolute Gasteiger partial charge is 0.256 e. The first-order chi connectivity index (χ1) is 13.1. The van der Waals surface area contributed by atoms with E-state index in [-0.39, 0.29) is 5.91 Å². The number of halogens is 1. The third-order valence-corrected chi connectivity index (χ3v) is 5.45. The van der Waals surface area contributed by atoms with Crippen molar-refractivity contribution in [3.05, 3.63) is 53.2 Å². The molecule has 0 radical (unpaired) electrons. The van der Waals surface area contributed by atoms with E-state index < -0.39 is 31.1 Å². The van der Waals surface area contributed by atoms with Crippen LogP contribution in [0.2, 0.25) is 0 Å². The Labute approximate surface area is 157 Å². The summed E-state index contributed by atoms with van der Waals surface area (Å²) in [5, 5.41) is 23.5. The molecule has 27 heavy (non-hydrogen) atoms. The molecule has 4 atom stereocenters. The van der Waals surface area contributed by atoms with Gasteiger partial charge in [0.05, 0.1) is 16.8 Å². The number of rotatable bonds is 4.